The summed E-state index contributed by atoms with van der Waals surface area (Å²) in [6.07, 6.45) is 7.69. The van der Waals surface area contributed by atoms with Gasteiger partial charge in [0.15, 0.2) is 0 Å². The van der Waals surface area contributed by atoms with Gasteiger partial charge in [0, 0.05) is 24.2 Å². The molecule has 1 fully saturated rings. The Morgan fingerprint density at radius 1 is 1.25 bits per heavy atom. The highest BCUT2D eigenvalue weighted by Crippen LogP contribution is 2.27. The molecule has 0 spiro atoms. The number of nitrogens with two attached hydrogens (primary N) is 2. The number of hydrogen-bond acceptors (Lipinski definition) is 7. The molecule has 9 nitrogen and oxygen atoms in total. The quantitative estimate of drug-likeness (QED) is 0.440. The van der Waals surface area contributed by atoms with Crippen LogP contribution in [0.25, 0.3) is 10.9 Å². The molecule has 1 unspecified atom stereocenters. The van der Waals surface area contributed by atoms with Crippen molar-refractivity contribution in [1.82, 2.24) is 20.2 Å². The lowest BCUT2D eigenvalue weighted by Crippen LogP contribution is -2.37. The summed E-state index contributed by atoms with van der Waals surface area (Å²) in [4.78, 5) is 20.6. The zero-order valence-electron chi connectivity index (χ0n) is 15.5. The molecule has 9 heteroatoms. The van der Waals surface area contributed by atoms with Gasteiger partial charge < -0.3 is 22.1 Å². The van der Waals surface area contributed by atoms with E-state index < -0.39 is 5.91 Å². The topological polar surface area (TPSA) is 148 Å². The maximum Gasteiger partial charge on any atom is 0.254 e. The Bertz CT molecular complexity index is 985. The number of primary amides is 1. The summed E-state index contributed by atoms with van der Waals surface area (Å²) in [5.41, 5.74) is 13.6. The highest BCUT2D eigenvalue weighted by atomic mass is 16.1. The van der Waals surface area contributed by atoms with E-state index >= 15 is 0 Å². The van der Waals surface area contributed by atoms with Crippen LogP contribution in [0.4, 0.5) is 17.5 Å². The average Bonchev–Trinajstić information content (AvgIpc) is 3.17. The van der Waals surface area contributed by atoms with Crippen molar-refractivity contribution >= 4 is 34.3 Å². The molecule has 28 heavy (non-hydrogen) atoms. The first kappa shape index (κ1) is 18.2. The normalized spacial score (nSPS) is 19.5. The zero-order chi connectivity index (χ0) is 19.5. The Morgan fingerprint density at radius 2 is 2.11 bits per heavy atom. The lowest BCUT2D eigenvalue weighted by molar-refractivity contribution is 0.100. The van der Waals surface area contributed by atoms with Crippen molar-refractivity contribution in [2.24, 2.45) is 17.4 Å². The van der Waals surface area contributed by atoms with Crippen molar-refractivity contribution in [3.05, 3.63) is 36.2 Å². The first-order valence-corrected chi connectivity index (χ1v) is 9.47. The van der Waals surface area contributed by atoms with Gasteiger partial charge in [0.05, 0.1) is 17.4 Å². The minimum absolute atomic E-state index is 0.197. The third kappa shape index (κ3) is 3.74. The van der Waals surface area contributed by atoms with E-state index in [0.29, 0.717) is 24.2 Å². The van der Waals surface area contributed by atoms with Crippen LogP contribution < -0.4 is 22.1 Å². The maximum absolute atomic E-state index is 11.8. The lowest BCUT2D eigenvalue weighted by atomic mass is 9.85. The number of aromatic amines is 1. The van der Waals surface area contributed by atoms with Gasteiger partial charge in [-0.25, -0.2) is 4.98 Å². The molecule has 3 aromatic rings. The molecule has 7 N–H and O–H groups in total. The molecule has 2 aromatic heterocycles. The molecule has 2 heterocycles. The molecule has 146 valence electrons. The number of anilines is 3. The molecule has 0 bridgehead atoms. The number of aromatic nitrogens is 4. The molecular formula is C19H24N8O. The van der Waals surface area contributed by atoms with Crippen molar-refractivity contribution in [3.63, 3.8) is 0 Å². The van der Waals surface area contributed by atoms with Gasteiger partial charge >= 0.3 is 0 Å². The summed E-state index contributed by atoms with van der Waals surface area (Å²) >= 11 is 0. The van der Waals surface area contributed by atoms with Crippen molar-refractivity contribution < 1.29 is 4.79 Å². The first-order valence-electron chi connectivity index (χ1n) is 9.47. The number of H-pyrrole nitrogens is 1. The third-order valence-electron chi connectivity index (χ3n) is 5.28. The second-order valence-electron chi connectivity index (χ2n) is 7.17. The summed E-state index contributed by atoms with van der Waals surface area (Å²) in [6.45, 7) is 0.702. The fraction of sp³-hybridized carbons (Fsp3) is 0.368. The summed E-state index contributed by atoms with van der Waals surface area (Å²) in [6, 6.07) is 5.89. The van der Waals surface area contributed by atoms with Crippen LogP contribution in [0.15, 0.2) is 30.6 Å². The van der Waals surface area contributed by atoms with Crippen LogP contribution in [0.2, 0.25) is 0 Å². The Balaban J connectivity index is 1.57. The molecule has 0 saturated heterocycles. The molecule has 0 radical (unpaired) electrons. The number of nitrogens with one attached hydrogen (secondary N) is 3. The molecule has 1 aliphatic rings. The Hall–Kier alpha value is -3.20. The molecular weight excluding hydrogens is 356 g/mol. The van der Waals surface area contributed by atoms with Crippen LogP contribution in [-0.2, 0) is 0 Å². The number of nitrogens with zero attached hydrogens (tertiary/aromatic N) is 3. The van der Waals surface area contributed by atoms with Crippen LogP contribution >= 0.6 is 0 Å². The number of fused-ring (bicyclic) bond motifs is 1. The molecule has 2 atom stereocenters. The number of amides is 1. The van der Waals surface area contributed by atoms with Gasteiger partial charge in [-0.2, -0.15) is 10.1 Å². The van der Waals surface area contributed by atoms with E-state index in [-0.39, 0.29) is 11.6 Å². The Kier molecular flexibility index (Phi) is 5.07. The summed E-state index contributed by atoms with van der Waals surface area (Å²) in [5.74, 6) is 0.586. The molecule has 0 aliphatic heterocycles. The number of benzene rings is 1. The largest absolute Gasteiger partial charge is 0.365 e. The fourth-order valence-corrected chi connectivity index (χ4v) is 3.66. The van der Waals surface area contributed by atoms with E-state index in [1.165, 1.54) is 19.0 Å². The van der Waals surface area contributed by atoms with Gasteiger partial charge in [0.1, 0.15) is 11.4 Å². The van der Waals surface area contributed by atoms with E-state index in [9.17, 15) is 4.79 Å². The number of hydrogen-bond donors (Lipinski definition) is 5. The monoisotopic (exact) mass is 380 g/mol. The van der Waals surface area contributed by atoms with Gasteiger partial charge in [-0.05, 0) is 30.9 Å². The van der Waals surface area contributed by atoms with Gasteiger partial charge in [-0.3, -0.25) is 9.89 Å². The molecule has 4 rings (SSSR count). The van der Waals surface area contributed by atoms with E-state index in [1.54, 1.807) is 6.20 Å². The van der Waals surface area contributed by atoms with Gasteiger partial charge in [0.25, 0.3) is 5.91 Å². The predicted octanol–water partition coefficient (Wildman–Crippen LogP) is 2.12. The Labute approximate surface area is 162 Å². The van der Waals surface area contributed by atoms with Gasteiger partial charge in [-0.15, -0.1) is 0 Å². The summed E-state index contributed by atoms with van der Waals surface area (Å²) in [7, 11) is 0. The molecule has 1 aromatic carbocycles. The zero-order valence-corrected chi connectivity index (χ0v) is 15.5. The molecule has 1 aliphatic carbocycles. The second-order valence-corrected chi connectivity index (χ2v) is 7.17. The summed E-state index contributed by atoms with van der Waals surface area (Å²) < 4.78 is 0. The van der Waals surface area contributed by atoms with E-state index in [2.05, 4.69) is 30.8 Å². The van der Waals surface area contributed by atoms with Crippen molar-refractivity contribution in [1.29, 1.82) is 0 Å². The minimum atomic E-state index is -0.595. The van der Waals surface area contributed by atoms with Crippen LogP contribution in [0.5, 0.6) is 0 Å². The standard InChI is InChI=1S/C19H24N8O/c20-14-5-2-1-4-11(14)8-22-19-23-9-13(17(21)28)18(26-19)25-15-6-3-7-16-12(15)10-24-27-16/h3,6-7,9-11,14H,1-2,4-5,8,20H2,(H2,21,28)(H,24,27)(H2,22,23,25,26)/t11?,14-/m0/s1. The molecule has 1 amide bonds. The minimum Gasteiger partial charge on any atom is -0.365 e. The smallest absolute Gasteiger partial charge is 0.254 e. The van der Waals surface area contributed by atoms with Crippen LogP contribution in [0.1, 0.15) is 36.0 Å². The SMILES string of the molecule is NC(=O)c1cnc(NCC2CCCC[C@@H]2N)nc1Nc1cccc2[nH]ncc12. The number of carbonyl (C=O) groups is 1. The van der Waals surface area contributed by atoms with Crippen LogP contribution in [-0.4, -0.2) is 38.7 Å². The highest BCUT2D eigenvalue weighted by molar-refractivity contribution is 6.00. The lowest BCUT2D eigenvalue weighted by Gasteiger charge is -2.28. The van der Waals surface area contributed by atoms with E-state index in [1.807, 2.05) is 18.2 Å². The van der Waals surface area contributed by atoms with Crippen LogP contribution in [0.3, 0.4) is 0 Å². The van der Waals surface area contributed by atoms with Crippen molar-refractivity contribution in [2.45, 2.75) is 31.7 Å². The Morgan fingerprint density at radius 3 is 2.93 bits per heavy atom. The average molecular weight is 380 g/mol. The number of carbonyl (C=O) groups excluding carboxylic acids is 1. The highest BCUT2D eigenvalue weighted by Gasteiger charge is 2.22. The van der Waals surface area contributed by atoms with E-state index in [4.69, 9.17) is 11.5 Å². The van der Waals surface area contributed by atoms with Crippen LogP contribution in [0, 0.1) is 5.92 Å². The van der Waals surface area contributed by atoms with Crippen molar-refractivity contribution in [3.8, 4) is 0 Å². The van der Waals surface area contributed by atoms with E-state index in [0.717, 1.165) is 29.4 Å². The predicted molar refractivity (Wildman–Crippen MR) is 108 cm³/mol. The molecule has 1 saturated carbocycles. The second kappa shape index (κ2) is 7.81. The fourth-order valence-electron chi connectivity index (χ4n) is 3.66. The number of rotatable bonds is 6. The van der Waals surface area contributed by atoms with Crippen molar-refractivity contribution in [2.75, 3.05) is 17.2 Å². The van der Waals surface area contributed by atoms with Gasteiger partial charge in [-0.1, -0.05) is 18.9 Å². The first-order chi connectivity index (χ1) is 13.6. The maximum atomic E-state index is 11.8. The summed E-state index contributed by atoms with van der Waals surface area (Å²) in [5, 5.41) is 14.3. The van der Waals surface area contributed by atoms with Gasteiger partial charge in [0.2, 0.25) is 5.95 Å². The third-order valence-corrected chi connectivity index (χ3v) is 5.28.